The molecular formula is C22H22Cl2FNO4. The topological polar surface area (TPSA) is 64.6 Å². The van der Waals surface area contributed by atoms with E-state index in [4.69, 9.17) is 32.7 Å². The van der Waals surface area contributed by atoms with E-state index >= 15 is 0 Å². The van der Waals surface area contributed by atoms with Crippen LogP contribution in [0.3, 0.4) is 0 Å². The van der Waals surface area contributed by atoms with Gasteiger partial charge < -0.3 is 14.8 Å². The highest BCUT2D eigenvalue weighted by Crippen LogP contribution is 2.39. The van der Waals surface area contributed by atoms with E-state index in [-0.39, 0.29) is 29.5 Å². The fraction of sp³-hybridized carbons (Fsp3) is 0.364. The van der Waals surface area contributed by atoms with E-state index < -0.39 is 35.9 Å². The monoisotopic (exact) mass is 453 g/mol. The van der Waals surface area contributed by atoms with E-state index in [1.54, 1.807) is 24.3 Å². The molecule has 160 valence electrons. The van der Waals surface area contributed by atoms with Gasteiger partial charge in [0.15, 0.2) is 0 Å². The number of hydrogen-bond donors (Lipinski definition) is 1. The van der Waals surface area contributed by atoms with Crippen LogP contribution < -0.4 is 5.32 Å². The third kappa shape index (κ3) is 5.50. The van der Waals surface area contributed by atoms with Crippen LogP contribution in [-0.2, 0) is 19.1 Å². The van der Waals surface area contributed by atoms with Crippen molar-refractivity contribution >= 4 is 35.1 Å². The Morgan fingerprint density at radius 3 is 2.60 bits per heavy atom. The lowest BCUT2D eigenvalue weighted by molar-refractivity contribution is -0.162. The molecule has 2 aromatic rings. The molecular weight excluding hydrogens is 432 g/mol. The second kappa shape index (κ2) is 9.77. The molecule has 3 atom stereocenters. The van der Waals surface area contributed by atoms with Crippen molar-refractivity contribution in [3.63, 3.8) is 0 Å². The van der Waals surface area contributed by atoms with Crippen LogP contribution >= 0.6 is 23.2 Å². The Labute approximate surface area is 184 Å². The summed E-state index contributed by atoms with van der Waals surface area (Å²) in [7, 11) is 0. The van der Waals surface area contributed by atoms with Gasteiger partial charge in [-0.2, -0.15) is 0 Å². The second-order valence-corrected chi connectivity index (χ2v) is 8.41. The number of esters is 1. The van der Waals surface area contributed by atoms with Crippen molar-refractivity contribution in [1.82, 2.24) is 5.32 Å². The number of ether oxygens (including phenoxy) is 2. The smallest absolute Gasteiger partial charge is 0.308 e. The summed E-state index contributed by atoms with van der Waals surface area (Å²) in [6.45, 7) is 4.08. The maximum Gasteiger partial charge on any atom is 0.308 e. The number of rotatable bonds is 6. The molecule has 1 amide bonds. The molecule has 5 nitrogen and oxygen atoms in total. The first kappa shape index (κ1) is 22.5. The van der Waals surface area contributed by atoms with Crippen molar-refractivity contribution in [2.45, 2.75) is 38.5 Å². The molecule has 0 saturated carbocycles. The number of hydrogen-bond acceptors (Lipinski definition) is 4. The van der Waals surface area contributed by atoms with Gasteiger partial charge in [0.05, 0.1) is 19.1 Å². The zero-order valence-corrected chi connectivity index (χ0v) is 18.0. The minimum Gasteiger partial charge on any atom is -0.465 e. The summed E-state index contributed by atoms with van der Waals surface area (Å²) in [6, 6.07) is 10.3. The van der Waals surface area contributed by atoms with Crippen LogP contribution in [0, 0.1) is 11.7 Å². The van der Waals surface area contributed by atoms with Crippen molar-refractivity contribution in [1.29, 1.82) is 0 Å². The first-order valence-corrected chi connectivity index (χ1v) is 10.3. The number of benzene rings is 2. The molecule has 1 aliphatic heterocycles. The Morgan fingerprint density at radius 1 is 1.20 bits per heavy atom. The molecule has 0 aliphatic carbocycles. The molecule has 0 radical (unpaired) electrons. The lowest BCUT2D eigenvalue weighted by Gasteiger charge is -2.37. The number of nitrogens with one attached hydrogen (secondary N) is 1. The molecule has 3 unspecified atom stereocenters. The minimum atomic E-state index is -1.07. The van der Waals surface area contributed by atoms with Crippen LogP contribution in [0.5, 0.6) is 0 Å². The van der Waals surface area contributed by atoms with Gasteiger partial charge in [-0.1, -0.05) is 55.2 Å². The number of halogens is 3. The molecule has 3 rings (SSSR count). The largest absolute Gasteiger partial charge is 0.465 e. The maximum absolute atomic E-state index is 14.6. The molecule has 1 saturated heterocycles. The van der Waals surface area contributed by atoms with Gasteiger partial charge >= 0.3 is 5.97 Å². The summed E-state index contributed by atoms with van der Waals surface area (Å²) in [4.78, 5) is 24.8. The fourth-order valence-electron chi connectivity index (χ4n) is 3.20. The highest BCUT2D eigenvalue weighted by Gasteiger charge is 2.40. The zero-order valence-electron chi connectivity index (χ0n) is 16.5. The molecule has 1 aliphatic rings. The summed E-state index contributed by atoms with van der Waals surface area (Å²) in [6.07, 6.45) is -2.08. The SMILES string of the molecule is CC(C)COC(=O)CC1OC(c2cccc(Cl)c2)C(c2ccc(Cl)cc2F)NC1=O. The van der Waals surface area contributed by atoms with Gasteiger partial charge in [-0.3, -0.25) is 9.59 Å². The van der Waals surface area contributed by atoms with Crippen LogP contribution in [0.15, 0.2) is 42.5 Å². The zero-order chi connectivity index (χ0) is 21.8. The Balaban J connectivity index is 1.89. The first-order valence-electron chi connectivity index (χ1n) is 9.56. The number of morpholine rings is 1. The highest BCUT2D eigenvalue weighted by atomic mass is 35.5. The lowest BCUT2D eigenvalue weighted by Crippen LogP contribution is -2.49. The maximum atomic E-state index is 14.6. The quantitative estimate of drug-likeness (QED) is 0.623. The van der Waals surface area contributed by atoms with E-state index in [2.05, 4.69) is 5.32 Å². The Morgan fingerprint density at radius 2 is 1.93 bits per heavy atom. The van der Waals surface area contributed by atoms with Gasteiger partial charge in [-0.05, 0) is 35.7 Å². The van der Waals surface area contributed by atoms with Crippen LogP contribution in [0.4, 0.5) is 4.39 Å². The number of amides is 1. The standard InChI is InChI=1S/C22H22Cl2FNO4/c1-12(2)11-29-19(27)10-18-22(28)26-20(16-7-6-15(24)9-17(16)25)21(30-18)13-4-3-5-14(23)8-13/h3-9,12,18,20-21H,10-11H2,1-2H3,(H,26,28). The summed E-state index contributed by atoms with van der Waals surface area (Å²) in [5, 5.41) is 3.49. The van der Waals surface area contributed by atoms with Crippen LogP contribution in [0.25, 0.3) is 0 Å². The van der Waals surface area contributed by atoms with Crippen LogP contribution in [-0.4, -0.2) is 24.6 Å². The number of carbonyl (C=O) groups is 2. The molecule has 0 bridgehead atoms. The predicted molar refractivity (Wildman–Crippen MR) is 112 cm³/mol. The number of carbonyl (C=O) groups excluding carboxylic acids is 2. The van der Waals surface area contributed by atoms with Gasteiger partial charge in [-0.15, -0.1) is 0 Å². The van der Waals surface area contributed by atoms with Gasteiger partial charge in [-0.25, -0.2) is 4.39 Å². The summed E-state index contributed by atoms with van der Waals surface area (Å²) in [5.41, 5.74) is 0.862. The molecule has 2 aromatic carbocycles. The Hall–Kier alpha value is -2.15. The minimum absolute atomic E-state index is 0.173. The van der Waals surface area contributed by atoms with E-state index in [1.165, 1.54) is 18.2 Å². The fourth-order valence-corrected chi connectivity index (χ4v) is 3.56. The Kier molecular flexibility index (Phi) is 7.34. The van der Waals surface area contributed by atoms with Crippen molar-refractivity contribution in [2.75, 3.05) is 6.61 Å². The van der Waals surface area contributed by atoms with E-state index in [0.29, 0.717) is 10.6 Å². The molecule has 30 heavy (non-hydrogen) atoms. The first-order chi connectivity index (χ1) is 14.2. The molecule has 1 heterocycles. The van der Waals surface area contributed by atoms with Crippen molar-refractivity contribution in [3.05, 3.63) is 69.5 Å². The second-order valence-electron chi connectivity index (χ2n) is 7.53. The molecule has 8 heteroatoms. The van der Waals surface area contributed by atoms with Crippen molar-refractivity contribution in [3.8, 4) is 0 Å². The van der Waals surface area contributed by atoms with Gasteiger partial charge in [0.25, 0.3) is 0 Å². The molecule has 1 N–H and O–H groups in total. The third-order valence-electron chi connectivity index (χ3n) is 4.61. The van der Waals surface area contributed by atoms with E-state index in [1.807, 2.05) is 13.8 Å². The summed E-state index contributed by atoms with van der Waals surface area (Å²) >= 11 is 12.0. The van der Waals surface area contributed by atoms with E-state index in [9.17, 15) is 14.0 Å². The summed E-state index contributed by atoms with van der Waals surface area (Å²) < 4.78 is 25.8. The average molecular weight is 454 g/mol. The predicted octanol–water partition coefficient (Wildman–Crippen LogP) is 5.02. The highest BCUT2D eigenvalue weighted by molar-refractivity contribution is 6.30. The van der Waals surface area contributed by atoms with Gasteiger partial charge in [0, 0.05) is 15.6 Å². The van der Waals surface area contributed by atoms with Crippen LogP contribution in [0.1, 0.15) is 43.5 Å². The van der Waals surface area contributed by atoms with Crippen molar-refractivity contribution in [2.24, 2.45) is 5.92 Å². The normalized spacial score (nSPS) is 21.4. The molecule has 0 aromatic heterocycles. The third-order valence-corrected chi connectivity index (χ3v) is 5.08. The Bertz CT molecular complexity index is 937. The molecule has 0 spiro atoms. The van der Waals surface area contributed by atoms with E-state index in [0.717, 1.165) is 0 Å². The van der Waals surface area contributed by atoms with Crippen molar-refractivity contribution < 1.29 is 23.5 Å². The summed E-state index contributed by atoms with van der Waals surface area (Å²) in [5.74, 6) is -1.45. The van der Waals surface area contributed by atoms with Gasteiger partial charge in [0.2, 0.25) is 5.91 Å². The van der Waals surface area contributed by atoms with Crippen LogP contribution in [0.2, 0.25) is 10.0 Å². The van der Waals surface area contributed by atoms with Gasteiger partial charge in [0.1, 0.15) is 18.0 Å². The lowest BCUT2D eigenvalue weighted by atomic mass is 9.92. The average Bonchev–Trinajstić information content (AvgIpc) is 2.68. The molecule has 1 fully saturated rings.